The van der Waals surface area contributed by atoms with Crippen LogP contribution in [0.15, 0.2) is 22.5 Å². The zero-order chi connectivity index (χ0) is 12.7. The lowest BCUT2D eigenvalue weighted by Crippen LogP contribution is -2.43. The maximum absolute atomic E-state index is 6.04. The van der Waals surface area contributed by atoms with Crippen molar-refractivity contribution in [1.82, 2.24) is 21.2 Å². The largest absolute Gasteiger partial charge is 0.203 e. The van der Waals surface area contributed by atoms with E-state index in [1.54, 1.807) is 0 Å². The lowest BCUT2D eigenvalue weighted by Gasteiger charge is -2.29. The van der Waals surface area contributed by atoms with Gasteiger partial charge in [0.2, 0.25) is 0 Å². The van der Waals surface area contributed by atoms with E-state index >= 15 is 0 Å². The molecule has 4 rings (SSSR count). The molecule has 0 spiro atoms. The van der Waals surface area contributed by atoms with Crippen molar-refractivity contribution < 1.29 is 4.94 Å². The van der Waals surface area contributed by atoms with Gasteiger partial charge in [-0.3, -0.25) is 0 Å². The highest BCUT2D eigenvalue weighted by molar-refractivity contribution is 5.21. The smallest absolute Gasteiger partial charge is 0.0628 e. The molecular weight excluding hydrogens is 240 g/mol. The van der Waals surface area contributed by atoms with E-state index in [4.69, 9.17) is 4.94 Å². The van der Waals surface area contributed by atoms with E-state index in [0.717, 1.165) is 25.9 Å². The molecular formula is C14H22N4O. The zero-order valence-electron chi connectivity index (χ0n) is 11.4. The van der Waals surface area contributed by atoms with Crippen molar-refractivity contribution in [3.63, 3.8) is 0 Å². The molecule has 2 heterocycles. The Morgan fingerprint density at radius 1 is 0.684 bits per heavy atom. The first kappa shape index (κ1) is 11.8. The SMILES string of the molecule is C1CCC2=C(C1)CNN2ON1NCC2=C1CCCC2. The van der Waals surface area contributed by atoms with Gasteiger partial charge in [0.25, 0.3) is 0 Å². The first-order valence-corrected chi connectivity index (χ1v) is 7.59. The number of hydrogen-bond acceptors (Lipinski definition) is 5. The summed E-state index contributed by atoms with van der Waals surface area (Å²) in [6.45, 7) is 1.91. The van der Waals surface area contributed by atoms with Gasteiger partial charge in [0.1, 0.15) is 0 Å². The van der Waals surface area contributed by atoms with Crippen LogP contribution in [0.2, 0.25) is 0 Å². The number of nitrogens with zero attached hydrogens (tertiary/aromatic N) is 2. The molecule has 4 aliphatic rings. The minimum absolute atomic E-state index is 0.953. The van der Waals surface area contributed by atoms with Crippen LogP contribution in [0.3, 0.4) is 0 Å². The van der Waals surface area contributed by atoms with Gasteiger partial charge >= 0.3 is 0 Å². The highest BCUT2D eigenvalue weighted by Crippen LogP contribution is 2.33. The third kappa shape index (κ3) is 2.06. The molecule has 0 fully saturated rings. The van der Waals surface area contributed by atoms with E-state index < -0.39 is 0 Å². The summed E-state index contributed by atoms with van der Waals surface area (Å²) in [5.74, 6) is 0. The first-order chi connectivity index (χ1) is 9.42. The maximum Gasteiger partial charge on any atom is 0.0628 e. The quantitative estimate of drug-likeness (QED) is 0.798. The van der Waals surface area contributed by atoms with Gasteiger partial charge in [-0.2, -0.15) is 10.3 Å². The molecule has 0 amide bonds. The molecule has 19 heavy (non-hydrogen) atoms. The van der Waals surface area contributed by atoms with Gasteiger partial charge in [0.05, 0.1) is 11.4 Å². The number of nitrogens with one attached hydrogen (secondary N) is 2. The lowest BCUT2D eigenvalue weighted by molar-refractivity contribution is -0.327. The summed E-state index contributed by atoms with van der Waals surface area (Å²) >= 11 is 0. The van der Waals surface area contributed by atoms with Crippen LogP contribution < -0.4 is 10.9 Å². The second kappa shape index (κ2) is 4.81. The molecule has 2 aliphatic carbocycles. The predicted molar refractivity (Wildman–Crippen MR) is 71.8 cm³/mol. The van der Waals surface area contributed by atoms with Crippen molar-refractivity contribution in [2.45, 2.75) is 51.4 Å². The van der Waals surface area contributed by atoms with Gasteiger partial charge in [-0.15, -0.1) is 4.94 Å². The molecule has 0 aromatic heterocycles. The third-order valence-corrected chi connectivity index (χ3v) is 4.63. The Kier molecular flexibility index (Phi) is 2.98. The molecule has 5 heteroatoms. The van der Waals surface area contributed by atoms with E-state index in [1.165, 1.54) is 61.1 Å². The van der Waals surface area contributed by atoms with Crippen LogP contribution in [0.25, 0.3) is 0 Å². The van der Waals surface area contributed by atoms with Crippen LogP contribution >= 0.6 is 0 Å². The molecule has 0 saturated carbocycles. The minimum Gasteiger partial charge on any atom is -0.203 e. The Bertz CT molecular complexity index is 403. The molecule has 0 aromatic rings. The monoisotopic (exact) mass is 262 g/mol. The van der Waals surface area contributed by atoms with Crippen molar-refractivity contribution in [2.24, 2.45) is 0 Å². The van der Waals surface area contributed by atoms with Crippen molar-refractivity contribution in [3.05, 3.63) is 22.5 Å². The summed E-state index contributed by atoms with van der Waals surface area (Å²) in [7, 11) is 0. The van der Waals surface area contributed by atoms with E-state index in [0.29, 0.717) is 0 Å². The number of allylic oxidation sites excluding steroid dienone is 2. The molecule has 5 nitrogen and oxygen atoms in total. The summed E-state index contributed by atoms with van der Waals surface area (Å²) in [4.78, 5) is 6.04. The first-order valence-electron chi connectivity index (χ1n) is 7.59. The second-order valence-corrected chi connectivity index (χ2v) is 5.85. The topological polar surface area (TPSA) is 39.8 Å². The maximum atomic E-state index is 6.04. The number of hydrogen-bond donors (Lipinski definition) is 2. The average Bonchev–Trinajstić information content (AvgIpc) is 3.05. The fourth-order valence-electron chi connectivity index (χ4n) is 3.54. The normalized spacial score (nSPS) is 27.2. The van der Waals surface area contributed by atoms with Gasteiger partial charge < -0.3 is 0 Å². The molecule has 0 saturated heterocycles. The molecule has 0 unspecified atom stereocenters. The van der Waals surface area contributed by atoms with Crippen LogP contribution in [0.1, 0.15) is 51.4 Å². The van der Waals surface area contributed by atoms with Gasteiger partial charge in [-0.05, 0) is 62.5 Å². The second-order valence-electron chi connectivity index (χ2n) is 5.85. The van der Waals surface area contributed by atoms with E-state index in [2.05, 4.69) is 10.9 Å². The molecule has 2 N–H and O–H groups in total. The average molecular weight is 262 g/mol. The predicted octanol–water partition coefficient (Wildman–Crippen LogP) is 2.13. The van der Waals surface area contributed by atoms with E-state index in [9.17, 15) is 0 Å². The summed E-state index contributed by atoms with van der Waals surface area (Å²) in [5, 5.41) is 3.79. The minimum atomic E-state index is 0.953. The highest BCUT2D eigenvalue weighted by Gasteiger charge is 2.31. The number of hydroxylamine groups is 2. The molecule has 0 atom stereocenters. The van der Waals surface area contributed by atoms with E-state index in [1.807, 2.05) is 10.3 Å². The summed E-state index contributed by atoms with van der Waals surface area (Å²) < 4.78 is 0. The molecule has 2 aliphatic heterocycles. The summed E-state index contributed by atoms with van der Waals surface area (Å²) in [5.41, 5.74) is 12.5. The third-order valence-electron chi connectivity index (χ3n) is 4.63. The number of rotatable bonds is 2. The standard InChI is InChI=1S/C14H22N4O/c1-3-7-13-11(5-1)9-15-17(13)19-18-14-8-4-2-6-12(14)10-16-18/h15-16H,1-10H2. The van der Waals surface area contributed by atoms with Crippen molar-refractivity contribution in [3.8, 4) is 0 Å². The van der Waals surface area contributed by atoms with Gasteiger partial charge in [-0.1, -0.05) is 0 Å². The van der Waals surface area contributed by atoms with Gasteiger partial charge in [0, 0.05) is 13.1 Å². The Morgan fingerprint density at radius 2 is 1.16 bits per heavy atom. The Hall–Kier alpha value is -1.04. The van der Waals surface area contributed by atoms with Crippen LogP contribution in [0, 0.1) is 0 Å². The Labute approximate surface area is 114 Å². The van der Waals surface area contributed by atoms with Crippen molar-refractivity contribution in [1.29, 1.82) is 0 Å². The van der Waals surface area contributed by atoms with Crippen molar-refractivity contribution >= 4 is 0 Å². The van der Waals surface area contributed by atoms with Crippen LogP contribution in [-0.4, -0.2) is 23.4 Å². The van der Waals surface area contributed by atoms with Gasteiger partial charge in [-0.25, -0.2) is 10.9 Å². The van der Waals surface area contributed by atoms with Crippen molar-refractivity contribution in [2.75, 3.05) is 13.1 Å². The molecule has 0 aromatic carbocycles. The Balaban J connectivity index is 1.48. The zero-order valence-corrected chi connectivity index (χ0v) is 11.4. The lowest BCUT2D eigenvalue weighted by atomic mass is 9.97. The van der Waals surface area contributed by atoms with Crippen LogP contribution in [0.4, 0.5) is 0 Å². The van der Waals surface area contributed by atoms with Crippen LogP contribution in [0.5, 0.6) is 0 Å². The number of hydrazine groups is 2. The highest BCUT2D eigenvalue weighted by atomic mass is 16.9. The summed E-state index contributed by atoms with van der Waals surface area (Å²) in [6.07, 6.45) is 9.94. The van der Waals surface area contributed by atoms with Crippen LogP contribution in [-0.2, 0) is 4.94 Å². The van der Waals surface area contributed by atoms with Gasteiger partial charge in [0.15, 0.2) is 0 Å². The molecule has 0 bridgehead atoms. The fourth-order valence-corrected chi connectivity index (χ4v) is 3.54. The Morgan fingerprint density at radius 3 is 1.68 bits per heavy atom. The summed E-state index contributed by atoms with van der Waals surface area (Å²) in [6, 6.07) is 0. The van der Waals surface area contributed by atoms with E-state index in [-0.39, 0.29) is 0 Å². The molecule has 104 valence electrons. The fraction of sp³-hybridized carbons (Fsp3) is 0.714. The molecule has 0 radical (unpaired) electrons.